The predicted octanol–water partition coefficient (Wildman–Crippen LogP) is 2.94. The van der Waals surface area contributed by atoms with E-state index in [2.05, 4.69) is 29.1 Å². The fraction of sp³-hybridized carbons (Fsp3) is 0.286. The smallest absolute Gasteiger partial charge is 0.145 e. The van der Waals surface area contributed by atoms with Crippen molar-refractivity contribution in [2.45, 2.75) is 19.9 Å². The summed E-state index contributed by atoms with van der Waals surface area (Å²) in [5.41, 5.74) is 1.01. The van der Waals surface area contributed by atoms with Gasteiger partial charge in [0.1, 0.15) is 11.5 Å². The van der Waals surface area contributed by atoms with Gasteiger partial charge in [-0.3, -0.25) is 9.97 Å². The molecule has 0 saturated heterocycles. The molecule has 0 bridgehead atoms. The second kappa shape index (κ2) is 6.12. The minimum Gasteiger partial charge on any atom is -0.454 e. The van der Waals surface area contributed by atoms with Crippen molar-refractivity contribution in [2.24, 2.45) is 0 Å². The van der Waals surface area contributed by atoms with Crippen LogP contribution < -0.4 is 10.1 Å². The first kappa shape index (κ1) is 12.5. The Morgan fingerprint density at radius 1 is 1.22 bits per heavy atom. The second-order valence-electron chi connectivity index (χ2n) is 3.99. The zero-order valence-corrected chi connectivity index (χ0v) is 10.6. The van der Waals surface area contributed by atoms with E-state index in [9.17, 15) is 0 Å². The van der Waals surface area contributed by atoms with Crippen molar-refractivity contribution in [3.63, 3.8) is 0 Å². The van der Waals surface area contributed by atoms with Gasteiger partial charge in [-0.15, -0.1) is 0 Å². The third-order valence-electron chi connectivity index (χ3n) is 2.58. The summed E-state index contributed by atoms with van der Waals surface area (Å²) in [6.07, 6.45) is 5.12. The van der Waals surface area contributed by atoms with Crippen LogP contribution in [-0.4, -0.2) is 16.5 Å². The SMILES string of the molecule is CCNC(C)c1ccc(Oc2cccnc2)cn1. The zero-order valence-electron chi connectivity index (χ0n) is 10.6. The molecule has 94 valence electrons. The molecule has 0 saturated carbocycles. The lowest BCUT2D eigenvalue weighted by Crippen LogP contribution is -2.18. The molecule has 0 aliphatic carbocycles. The van der Waals surface area contributed by atoms with Gasteiger partial charge in [-0.1, -0.05) is 6.92 Å². The minimum absolute atomic E-state index is 0.252. The number of rotatable bonds is 5. The Morgan fingerprint density at radius 3 is 2.67 bits per heavy atom. The molecule has 2 aromatic rings. The Labute approximate surface area is 107 Å². The van der Waals surface area contributed by atoms with Gasteiger partial charge in [0.15, 0.2) is 0 Å². The largest absolute Gasteiger partial charge is 0.454 e. The van der Waals surface area contributed by atoms with E-state index in [0.29, 0.717) is 5.75 Å². The summed E-state index contributed by atoms with van der Waals surface area (Å²) in [4.78, 5) is 8.38. The molecule has 4 nitrogen and oxygen atoms in total. The Morgan fingerprint density at radius 2 is 2.06 bits per heavy atom. The molecule has 1 unspecified atom stereocenters. The first-order valence-corrected chi connectivity index (χ1v) is 6.07. The van der Waals surface area contributed by atoms with E-state index in [4.69, 9.17) is 4.74 Å². The van der Waals surface area contributed by atoms with Gasteiger partial charge in [-0.2, -0.15) is 0 Å². The van der Waals surface area contributed by atoms with E-state index in [1.165, 1.54) is 0 Å². The van der Waals surface area contributed by atoms with Gasteiger partial charge in [0.05, 0.1) is 18.1 Å². The van der Waals surface area contributed by atoms with Gasteiger partial charge in [0.25, 0.3) is 0 Å². The lowest BCUT2D eigenvalue weighted by atomic mass is 10.2. The second-order valence-corrected chi connectivity index (χ2v) is 3.99. The molecule has 0 aromatic carbocycles. The number of nitrogens with zero attached hydrogens (tertiary/aromatic N) is 2. The number of ether oxygens (including phenoxy) is 1. The molecule has 4 heteroatoms. The summed E-state index contributed by atoms with van der Waals surface area (Å²) < 4.78 is 5.63. The van der Waals surface area contributed by atoms with E-state index in [0.717, 1.165) is 18.0 Å². The number of aromatic nitrogens is 2. The molecule has 0 aliphatic heterocycles. The molecule has 0 fully saturated rings. The highest BCUT2D eigenvalue weighted by Gasteiger charge is 2.05. The van der Waals surface area contributed by atoms with E-state index in [-0.39, 0.29) is 6.04 Å². The molecular weight excluding hydrogens is 226 g/mol. The van der Waals surface area contributed by atoms with Crippen molar-refractivity contribution >= 4 is 0 Å². The molecule has 0 spiro atoms. The minimum atomic E-state index is 0.252. The number of hydrogen-bond donors (Lipinski definition) is 1. The maximum Gasteiger partial charge on any atom is 0.145 e. The fourth-order valence-electron chi connectivity index (χ4n) is 1.66. The topological polar surface area (TPSA) is 47.0 Å². The van der Waals surface area contributed by atoms with Gasteiger partial charge < -0.3 is 10.1 Å². The van der Waals surface area contributed by atoms with Crippen LogP contribution in [0.25, 0.3) is 0 Å². The van der Waals surface area contributed by atoms with Crippen LogP contribution in [0.4, 0.5) is 0 Å². The number of nitrogens with one attached hydrogen (secondary N) is 1. The monoisotopic (exact) mass is 243 g/mol. The van der Waals surface area contributed by atoms with Crippen LogP contribution in [-0.2, 0) is 0 Å². The third-order valence-corrected chi connectivity index (χ3v) is 2.58. The van der Waals surface area contributed by atoms with E-state index >= 15 is 0 Å². The molecule has 2 aromatic heterocycles. The summed E-state index contributed by atoms with van der Waals surface area (Å²) >= 11 is 0. The van der Waals surface area contributed by atoms with Crippen LogP contribution in [0.1, 0.15) is 25.6 Å². The summed E-state index contributed by atoms with van der Waals surface area (Å²) in [6, 6.07) is 7.84. The maximum atomic E-state index is 5.63. The van der Waals surface area contributed by atoms with Crippen molar-refractivity contribution in [2.75, 3.05) is 6.54 Å². The lowest BCUT2D eigenvalue weighted by molar-refractivity contribution is 0.476. The quantitative estimate of drug-likeness (QED) is 0.877. The molecule has 1 N–H and O–H groups in total. The highest BCUT2D eigenvalue weighted by molar-refractivity contribution is 5.28. The van der Waals surface area contributed by atoms with Gasteiger partial charge >= 0.3 is 0 Å². The highest BCUT2D eigenvalue weighted by Crippen LogP contribution is 2.20. The first-order chi connectivity index (χ1) is 8.79. The van der Waals surface area contributed by atoms with Crippen LogP contribution >= 0.6 is 0 Å². The van der Waals surface area contributed by atoms with Gasteiger partial charge in [-0.25, -0.2) is 0 Å². The highest BCUT2D eigenvalue weighted by atomic mass is 16.5. The predicted molar refractivity (Wildman–Crippen MR) is 70.6 cm³/mol. The van der Waals surface area contributed by atoms with Crippen LogP contribution in [0.2, 0.25) is 0 Å². The molecule has 2 rings (SSSR count). The molecule has 1 atom stereocenters. The molecule has 0 amide bonds. The van der Waals surface area contributed by atoms with Crippen molar-refractivity contribution in [3.05, 3.63) is 48.5 Å². The van der Waals surface area contributed by atoms with Crippen molar-refractivity contribution in [3.8, 4) is 11.5 Å². The molecule has 0 radical (unpaired) electrons. The van der Waals surface area contributed by atoms with Gasteiger partial charge in [0, 0.05) is 12.2 Å². The van der Waals surface area contributed by atoms with E-state index < -0.39 is 0 Å². The van der Waals surface area contributed by atoms with Gasteiger partial charge in [0.2, 0.25) is 0 Å². The lowest BCUT2D eigenvalue weighted by Gasteiger charge is -2.12. The normalized spacial score (nSPS) is 12.1. The molecule has 18 heavy (non-hydrogen) atoms. The zero-order chi connectivity index (χ0) is 12.8. The third kappa shape index (κ3) is 3.28. The van der Waals surface area contributed by atoms with Gasteiger partial charge in [-0.05, 0) is 37.7 Å². The Kier molecular flexibility index (Phi) is 4.25. The summed E-state index contributed by atoms with van der Waals surface area (Å²) in [5, 5.41) is 3.32. The molecule has 2 heterocycles. The van der Waals surface area contributed by atoms with Crippen LogP contribution in [0, 0.1) is 0 Å². The van der Waals surface area contributed by atoms with Crippen molar-refractivity contribution < 1.29 is 4.74 Å². The van der Waals surface area contributed by atoms with Crippen molar-refractivity contribution in [1.82, 2.24) is 15.3 Å². The average molecular weight is 243 g/mol. The number of pyridine rings is 2. The number of hydrogen-bond acceptors (Lipinski definition) is 4. The summed E-state index contributed by atoms with van der Waals surface area (Å²) in [5.74, 6) is 1.43. The Bertz CT molecular complexity index is 470. The maximum absolute atomic E-state index is 5.63. The summed E-state index contributed by atoms with van der Waals surface area (Å²) in [6.45, 7) is 5.10. The first-order valence-electron chi connectivity index (χ1n) is 6.07. The van der Waals surface area contributed by atoms with Crippen LogP contribution in [0.3, 0.4) is 0 Å². The fourth-order valence-corrected chi connectivity index (χ4v) is 1.66. The van der Waals surface area contributed by atoms with Crippen molar-refractivity contribution in [1.29, 1.82) is 0 Å². The molecular formula is C14H17N3O. The van der Waals surface area contributed by atoms with E-state index in [1.54, 1.807) is 18.6 Å². The summed E-state index contributed by atoms with van der Waals surface area (Å²) in [7, 11) is 0. The van der Waals surface area contributed by atoms with Crippen LogP contribution in [0.5, 0.6) is 11.5 Å². The Hall–Kier alpha value is -1.94. The Balaban J connectivity index is 2.04. The average Bonchev–Trinajstić information content (AvgIpc) is 2.41. The van der Waals surface area contributed by atoms with E-state index in [1.807, 2.05) is 24.3 Å². The standard InChI is InChI=1S/C14H17N3O/c1-3-16-11(2)14-7-6-13(10-17-14)18-12-5-4-8-15-9-12/h4-11,16H,3H2,1-2H3. The van der Waals surface area contributed by atoms with Crippen LogP contribution in [0.15, 0.2) is 42.9 Å². The molecule has 0 aliphatic rings.